The molecule has 6 heteroatoms. The third kappa shape index (κ3) is 9.11. The van der Waals surface area contributed by atoms with Crippen LogP contribution in [-0.2, 0) is 14.3 Å². The Morgan fingerprint density at radius 3 is 2.71 bits per heavy atom. The molecule has 0 unspecified atom stereocenters. The van der Waals surface area contributed by atoms with Gasteiger partial charge in [0.15, 0.2) is 0 Å². The molecule has 1 atom stereocenters. The molecule has 1 aliphatic rings. The van der Waals surface area contributed by atoms with Crippen LogP contribution in [0.4, 0.5) is 4.79 Å². The summed E-state index contributed by atoms with van der Waals surface area (Å²) in [5.41, 5.74) is -0.459. The van der Waals surface area contributed by atoms with Gasteiger partial charge in [-0.1, -0.05) is 0 Å². The van der Waals surface area contributed by atoms with Gasteiger partial charge in [-0.15, -0.1) is 0 Å². The fourth-order valence-electron chi connectivity index (χ4n) is 2.78. The van der Waals surface area contributed by atoms with E-state index in [0.717, 1.165) is 38.8 Å². The van der Waals surface area contributed by atoms with E-state index in [1.54, 1.807) is 4.90 Å². The number of piperidine rings is 1. The summed E-state index contributed by atoms with van der Waals surface area (Å²) in [6.45, 7) is 11.1. The number of nitrogens with one attached hydrogen (secondary N) is 1. The van der Waals surface area contributed by atoms with Crippen LogP contribution in [0.15, 0.2) is 0 Å². The molecule has 0 aromatic heterocycles. The van der Waals surface area contributed by atoms with Gasteiger partial charge < -0.3 is 19.7 Å². The average Bonchev–Trinajstić information content (AvgIpc) is 2.50. The Labute approximate surface area is 146 Å². The van der Waals surface area contributed by atoms with E-state index in [9.17, 15) is 9.59 Å². The van der Waals surface area contributed by atoms with E-state index in [-0.39, 0.29) is 12.0 Å². The van der Waals surface area contributed by atoms with E-state index in [1.165, 1.54) is 0 Å². The van der Waals surface area contributed by atoms with Crippen molar-refractivity contribution in [3.8, 4) is 0 Å². The summed E-state index contributed by atoms with van der Waals surface area (Å²) in [6, 6.07) is 0. The lowest BCUT2D eigenvalue weighted by Gasteiger charge is -2.34. The molecular weight excluding hydrogens is 308 g/mol. The lowest BCUT2D eigenvalue weighted by molar-refractivity contribution is -0.121. The van der Waals surface area contributed by atoms with E-state index >= 15 is 0 Å². The van der Waals surface area contributed by atoms with Gasteiger partial charge in [0.2, 0.25) is 5.91 Å². The van der Waals surface area contributed by atoms with E-state index < -0.39 is 5.60 Å². The molecule has 1 fully saturated rings. The Bertz CT molecular complexity index is 393. The van der Waals surface area contributed by atoms with Gasteiger partial charge in [0.05, 0.1) is 0 Å². The Hall–Kier alpha value is -1.30. The number of amides is 2. The molecule has 2 amide bonds. The second-order valence-electron chi connectivity index (χ2n) is 7.37. The number of rotatable bonds is 8. The maximum Gasteiger partial charge on any atom is 0.410 e. The summed E-state index contributed by atoms with van der Waals surface area (Å²) < 4.78 is 10.7. The van der Waals surface area contributed by atoms with E-state index in [0.29, 0.717) is 32.1 Å². The van der Waals surface area contributed by atoms with Gasteiger partial charge in [-0.2, -0.15) is 0 Å². The lowest BCUT2D eigenvalue weighted by atomic mass is 9.95. The van der Waals surface area contributed by atoms with Crippen molar-refractivity contribution < 1.29 is 19.1 Å². The van der Waals surface area contributed by atoms with Crippen LogP contribution in [0.1, 0.15) is 59.8 Å². The topological polar surface area (TPSA) is 67.9 Å². The number of carbonyl (C=O) groups excluding carboxylic acids is 2. The molecule has 1 saturated heterocycles. The minimum atomic E-state index is -0.459. The summed E-state index contributed by atoms with van der Waals surface area (Å²) in [5.74, 6) is 0.504. The lowest BCUT2D eigenvalue weighted by Crippen LogP contribution is -2.43. The Morgan fingerprint density at radius 1 is 1.29 bits per heavy atom. The molecule has 0 saturated carbocycles. The number of hydrogen-bond donors (Lipinski definition) is 1. The number of ether oxygens (including phenoxy) is 2. The first kappa shape index (κ1) is 20.7. The standard InChI is InChI=1S/C18H34N2O4/c1-5-23-13-7-9-16(21)19-11-10-15-8-6-12-20(14-15)17(22)24-18(2,3)4/h15H,5-14H2,1-4H3,(H,19,21)/t15-/m1/s1. The number of nitrogens with zero attached hydrogens (tertiary/aromatic N) is 1. The van der Waals surface area contributed by atoms with Gasteiger partial charge in [-0.05, 0) is 59.3 Å². The number of carbonyl (C=O) groups is 2. The zero-order valence-electron chi connectivity index (χ0n) is 15.7. The van der Waals surface area contributed by atoms with Gasteiger partial charge in [0, 0.05) is 39.3 Å². The molecule has 140 valence electrons. The maximum atomic E-state index is 12.1. The predicted molar refractivity (Wildman–Crippen MR) is 93.9 cm³/mol. The van der Waals surface area contributed by atoms with Crippen LogP contribution in [0.3, 0.4) is 0 Å². The fourth-order valence-corrected chi connectivity index (χ4v) is 2.78. The summed E-state index contributed by atoms with van der Waals surface area (Å²) >= 11 is 0. The van der Waals surface area contributed by atoms with Crippen molar-refractivity contribution in [1.82, 2.24) is 10.2 Å². The molecule has 1 rings (SSSR count). The smallest absolute Gasteiger partial charge is 0.410 e. The van der Waals surface area contributed by atoms with Crippen LogP contribution in [-0.4, -0.2) is 55.3 Å². The molecule has 0 aromatic carbocycles. The summed E-state index contributed by atoms with van der Waals surface area (Å²) in [5, 5.41) is 2.96. The molecular formula is C18H34N2O4. The van der Waals surface area contributed by atoms with Crippen LogP contribution < -0.4 is 5.32 Å². The van der Waals surface area contributed by atoms with Crippen molar-refractivity contribution in [3.63, 3.8) is 0 Å². The average molecular weight is 342 g/mol. The summed E-state index contributed by atoms with van der Waals surface area (Å²) in [6.07, 6.45) is 4.03. The SMILES string of the molecule is CCOCCCC(=O)NCC[C@H]1CCCN(C(=O)OC(C)(C)C)C1. The van der Waals surface area contributed by atoms with E-state index in [4.69, 9.17) is 9.47 Å². The van der Waals surface area contributed by atoms with Gasteiger partial charge in [0.25, 0.3) is 0 Å². The highest BCUT2D eigenvalue weighted by molar-refractivity contribution is 5.75. The Kier molecular flexibility index (Phi) is 9.11. The number of hydrogen-bond acceptors (Lipinski definition) is 4. The van der Waals surface area contributed by atoms with Crippen molar-refractivity contribution in [2.24, 2.45) is 5.92 Å². The number of likely N-dealkylation sites (tertiary alicyclic amines) is 1. The van der Waals surface area contributed by atoms with Crippen LogP contribution in [0.25, 0.3) is 0 Å². The third-order valence-electron chi connectivity index (χ3n) is 3.94. The molecule has 1 aliphatic heterocycles. The molecule has 0 aromatic rings. The minimum Gasteiger partial charge on any atom is -0.444 e. The van der Waals surface area contributed by atoms with Crippen molar-refractivity contribution in [2.45, 2.75) is 65.4 Å². The first-order valence-corrected chi connectivity index (χ1v) is 9.14. The van der Waals surface area contributed by atoms with E-state index in [1.807, 2.05) is 27.7 Å². The quantitative estimate of drug-likeness (QED) is 0.689. The molecule has 0 aliphatic carbocycles. The zero-order chi connectivity index (χ0) is 18.0. The normalized spacial score (nSPS) is 18.3. The molecule has 0 bridgehead atoms. The van der Waals surface area contributed by atoms with Gasteiger partial charge in [-0.25, -0.2) is 4.79 Å². The Morgan fingerprint density at radius 2 is 2.04 bits per heavy atom. The molecule has 1 heterocycles. The van der Waals surface area contributed by atoms with Crippen molar-refractivity contribution in [3.05, 3.63) is 0 Å². The predicted octanol–water partition coefficient (Wildman–Crippen LogP) is 2.96. The van der Waals surface area contributed by atoms with Gasteiger partial charge in [0.1, 0.15) is 5.60 Å². The molecule has 6 nitrogen and oxygen atoms in total. The van der Waals surface area contributed by atoms with Crippen molar-refractivity contribution in [2.75, 3.05) is 32.8 Å². The largest absolute Gasteiger partial charge is 0.444 e. The first-order valence-electron chi connectivity index (χ1n) is 9.14. The zero-order valence-corrected chi connectivity index (χ0v) is 15.7. The van der Waals surface area contributed by atoms with Crippen LogP contribution >= 0.6 is 0 Å². The Balaban J connectivity index is 2.21. The molecule has 0 radical (unpaired) electrons. The van der Waals surface area contributed by atoms with Gasteiger partial charge in [-0.3, -0.25) is 4.79 Å². The van der Waals surface area contributed by atoms with Crippen LogP contribution in [0.2, 0.25) is 0 Å². The second-order valence-corrected chi connectivity index (χ2v) is 7.37. The molecule has 24 heavy (non-hydrogen) atoms. The monoisotopic (exact) mass is 342 g/mol. The van der Waals surface area contributed by atoms with Crippen LogP contribution in [0.5, 0.6) is 0 Å². The maximum absolute atomic E-state index is 12.1. The molecule has 0 spiro atoms. The highest BCUT2D eigenvalue weighted by atomic mass is 16.6. The first-order chi connectivity index (χ1) is 11.3. The van der Waals surface area contributed by atoms with E-state index in [2.05, 4.69) is 5.32 Å². The van der Waals surface area contributed by atoms with Crippen LogP contribution in [0, 0.1) is 5.92 Å². The third-order valence-corrected chi connectivity index (χ3v) is 3.94. The summed E-state index contributed by atoms with van der Waals surface area (Å²) in [4.78, 5) is 25.7. The van der Waals surface area contributed by atoms with Gasteiger partial charge >= 0.3 is 6.09 Å². The molecule has 1 N–H and O–H groups in total. The highest BCUT2D eigenvalue weighted by Crippen LogP contribution is 2.21. The minimum absolute atomic E-state index is 0.0783. The highest BCUT2D eigenvalue weighted by Gasteiger charge is 2.27. The summed E-state index contributed by atoms with van der Waals surface area (Å²) in [7, 11) is 0. The van der Waals surface area contributed by atoms with Crippen molar-refractivity contribution in [1.29, 1.82) is 0 Å². The second kappa shape index (κ2) is 10.5. The fraction of sp³-hybridized carbons (Fsp3) is 0.889. The van der Waals surface area contributed by atoms with Crippen molar-refractivity contribution >= 4 is 12.0 Å².